The first-order valence-electron chi connectivity index (χ1n) is 8.11. The molecule has 2 aliphatic carbocycles. The number of hydrogen-bond donors (Lipinski definition) is 2. The lowest BCUT2D eigenvalue weighted by Gasteiger charge is -2.42. The van der Waals surface area contributed by atoms with Crippen LogP contribution < -0.4 is 0 Å². The smallest absolute Gasteiger partial charge is 0.334 e. The number of hydrogen-bond acceptors (Lipinski definition) is 6. The highest BCUT2D eigenvalue weighted by molar-refractivity contribution is 5.91. The van der Waals surface area contributed by atoms with Crippen molar-refractivity contribution in [1.82, 2.24) is 0 Å². The summed E-state index contributed by atoms with van der Waals surface area (Å²) in [7, 11) is 0. The molecule has 23 heavy (non-hydrogen) atoms. The first-order chi connectivity index (χ1) is 10.7. The molecule has 0 bridgehead atoms. The molecular formula is C17H24O6. The summed E-state index contributed by atoms with van der Waals surface area (Å²) in [6.45, 7) is 8.91. The van der Waals surface area contributed by atoms with E-state index in [1.54, 1.807) is 0 Å². The van der Waals surface area contributed by atoms with Gasteiger partial charge in [0.2, 0.25) is 0 Å². The molecule has 0 aromatic heterocycles. The molecule has 1 heterocycles. The van der Waals surface area contributed by atoms with E-state index in [9.17, 15) is 19.8 Å². The molecule has 128 valence electrons. The lowest BCUT2D eigenvalue weighted by molar-refractivity contribution is -0.161. The van der Waals surface area contributed by atoms with Crippen molar-refractivity contribution in [2.45, 2.75) is 58.0 Å². The monoisotopic (exact) mass is 324 g/mol. The number of carbonyl (C=O) groups is 2. The van der Waals surface area contributed by atoms with Crippen LogP contribution in [0.4, 0.5) is 0 Å². The summed E-state index contributed by atoms with van der Waals surface area (Å²) in [6.07, 6.45) is -1.83. The topological polar surface area (TPSA) is 93.1 Å². The Labute approximate surface area is 135 Å². The second kappa shape index (κ2) is 5.31. The van der Waals surface area contributed by atoms with Gasteiger partial charge in [0.25, 0.3) is 0 Å². The van der Waals surface area contributed by atoms with Crippen LogP contribution in [0.2, 0.25) is 0 Å². The van der Waals surface area contributed by atoms with Crippen molar-refractivity contribution < 1.29 is 29.3 Å². The zero-order valence-corrected chi connectivity index (χ0v) is 13.7. The minimum Gasteiger partial charge on any atom is -0.462 e. The zero-order chi connectivity index (χ0) is 17.1. The highest BCUT2D eigenvalue weighted by Gasteiger charge is 2.64. The third kappa shape index (κ3) is 2.22. The lowest BCUT2D eigenvalue weighted by atomic mass is 9.67. The molecular weight excluding hydrogens is 300 g/mol. The molecule has 3 rings (SSSR count). The predicted molar refractivity (Wildman–Crippen MR) is 80.1 cm³/mol. The third-order valence-electron chi connectivity index (χ3n) is 6.11. The van der Waals surface area contributed by atoms with E-state index in [4.69, 9.17) is 9.47 Å². The Kier molecular flexibility index (Phi) is 3.80. The van der Waals surface area contributed by atoms with E-state index >= 15 is 0 Å². The third-order valence-corrected chi connectivity index (χ3v) is 6.11. The summed E-state index contributed by atoms with van der Waals surface area (Å²) in [4.78, 5) is 23.3. The average Bonchev–Trinajstić information content (AvgIpc) is 2.81. The SMILES string of the molecule is C=C1C(=O)OC2CC(C)C3C(O)CC(OC(C)=O)C3(C)C(O)C12. The van der Waals surface area contributed by atoms with Gasteiger partial charge in [-0.25, -0.2) is 4.79 Å². The van der Waals surface area contributed by atoms with Gasteiger partial charge in [-0.1, -0.05) is 20.4 Å². The van der Waals surface area contributed by atoms with Crippen LogP contribution in [0.3, 0.4) is 0 Å². The molecule has 0 spiro atoms. The van der Waals surface area contributed by atoms with E-state index in [1.165, 1.54) is 6.92 Å². The van der Waals surface area contributed by atoms with E-state index in [-0.39, 0.29) is 17.4 Å². The van der Waals surface area contributed by atoms with Crippen molar-refractivity contribution in [3.63, 3.8) is 0 Å². The number of aliphatic hydroxyl groups is 2. The fourth-order valence-electron chi connectivity index (χ4n) is 5.14. The molecule has 0 radical (unpaired) electrons. The highest BCUT2D eigenvalue weighted by Crippen LogP contribution is 2.57. The summed E-state index contributed by atoms with van der Waals surface area (Å²) in [6, 6.07) is 0. The van der Waals surface area contributed by atoms with Gasteiger partial charge in [-0.05, 0) is 18.3 Å². The second-order valence-electron chi connectivity index (χ2n) is 7.45. The van der Waals surface area contributed by atoms with E-state index in [0.717, 1.165) is 0 Å². The number of ether oxygens (including phenoxy) is 2. The van der Waals surface area contributed by atoms with E-state index < -0.39 is 47.7 Å². The van der Waals surface area contributed by atoms with Crippen LogP contribution in [0.25, 0.3) is 0 Å². The molecule has 6 nitrogen and oxygen atoms in total. The summed E-state index contributed by atoms with van der Waals surface area (Å²) >= 11 is 0. The van der Waals surface area contributed by atoms with Gasteiger partial charge < -0.3 is 19.7 Å². The molecule has 3 fully saturated rings. The molecule has 6 heteroatoms. The molecule has 1 saturated heterocycles. The van der Waals surface area contributed by atoms with Crippen molar-refractivity contribution in [2.24, 2.45) is 23.2 Å². The Hall–Kier alpha value is -1.40. The Balaban J connectivity index is 2.05. The van der Waals surface area contributed by atoms with E-state index in [0.29, 0.717) is 12.8 Å². The summed E-state index contributed by atoms with van der Waals surface area (Å²) in [5.74, 6) is -1.67. The van der Waals surface area contributed by atoms with Crippen LogP contribution in [0.5, 0.6) is 0 Å². The number of carbonyl (C=O) groups excluding carboxylic acids is 2. The van der Waals surface area contributed by atoms with Crippen LogP contribution in [-0.4, -0.2) is 46.6 Å². The maximum atomic E-state index is 11.9. The predicted octanol–water partition coefficient (Wildman–Crippen LogP) is 0.804. The summed E-state index contributed by atoms with van der Waals surface area (Å²) < 4.78 is 10.8. The van der Waals surface area contributed by atoms with Gasteiger partial charge >= 0.3 is 11.9 Å². The van der Waals surface area contributed by atoms with Gasteiger partial charge in [0, 0.05) is 24.3 Å². The minimum atomic E-state index is -0.970. The van der Waals surface area contributed by atoms with Gasteiger partial charge in [-0.2, -0.15) is 0 Å². The highest BCUT2D eigenvalue weighted by atomic mass is 16.6. The van der Waals surface area contributed by atoms with Crippen molar-refractivity contribution in [2.75, 3.05) is 0 Å². The van der Waals surface area contributed by atoms with Crippen molar-refractivity contribution in [1.29, 1.82) is 0 Å². The molecule has 0 aromatic carbocycles. The largest absolute Gasteiger partial charge is 0.462 e. The Morgan fingerprint density at radius 2 is 2.04 bits per heavy atom. The van der Waals surface area contributed by atoms with E-state index in [1.807, 2.05) is 13.8 Å². The quantitative estimate of drug-likeness (QED) is 0.547. The average molecular weight is 324 g/mol. The number of aliphatic hydroxyl groups excluding tert-OH is 2. The maximum Gasteiger partial charge on any atom is 0.334 e. The van der Waals surface area contributed by atoms with Gasteiger partial charge in [0.15, 0.2) is 0 Å². The number of rotatable bonds is 1. The van der Waals surface area contributed by atoms with Crippen LogP contribution >= 0.6 is 0 Å². The molecule has 8 atom stereocenters. The standard InChI is InChI=1S/C17H24O6/c1-7-5-11-13(8(2)16(21)23-11)15(20)17(4)12(22-9(3)18)6-10(19)14(7)17/h7,10-15,19-20H,2,5-6H2,1,3-4H3. The van der Waals surface area contributed by atoms with Crippen LogP contribution in [0, 0.1) is 23.2 Å². The molecule has 3 aliphatic rings. The fourth-order valence-corrected chi connectivity index (χ4v) is 5.14. The maximum absolute atomic E-state index is 11.9. The van der Waals surface area contributed by atoms with Gasteiger partial charge in [-0.3, -0.25) is 4.79 Å². The van der Waals surface area contributed by atoms with Gasteiger partial charge in [0.1, 0.15) is 12.2 Å². The Bertz CT molecular complexity index is 557. The minimum absolute atomic E-state index is 0.0129. The van der Waals surface area contributed by atoms with Gasteiger partial charge in [0.05, 0.1) is 18.1 Å². The summed E-state index contributed by atoms with van der Waals surface area (Å²) in [5, 5.41) is 21.6. The Morgan fingerprint density at radius 3 is 2.65 bits per heavy atom. The molecule has 2 saturated carbocycles. The molecule has 2 N–H and O–H groups in total. The van der Waals surface area contributed by atoms with Crippen molar-refractivity contribution >= 4 is 11.9 Å². The molecule has 8 unspecified atom stereocenters. The normalized spacial score (nSPS) is 49.2. The van der Waals surface area contributed by atoms with E-state index in [2.05, 4.69) is 6.58 Å². The summed E-state index contributed by atoms with van der Waals surface area (Å²) in [5.41, 5.74) is -0.583. The Morgan fingerprint density at radius 1 is 1.39 bits per heavy atom. The van der Waals surface area contributed by atoms with Crippen LogP contribution in [0.15, 0.2) is 12.2 Å². The first kappa shape index (κ1) is 16.5. The molecule has 1 aliphatic heterocycles. The molecule has 0 amide bonds. The van der Waals surface area contributed by atoms with Crippen molar-refractivity contribution in [3.05, 3.63) is 12.2 Å². The van der Waals surface area contributed by atoms with Crippen molar-refractivity contribution in [3.8, 4) is 0 Å². The molecule has 0 aromatic rings. The number of fused-ring (bicyclic) bond motifs is 2. The fraction of sp³-hybridized carbons (Fsp3) is 0.765. The van der Waals surface area contributed by atoms with Gasteiger partial charge in [-0.15, -0.1) is 0 Å². The zero-order valence-electron chi connectivity index (χ0n) is 13.7. The van der Waals surface area contributed by atoms with Crippen LogP contribution in [0.1, 0.15) is 33.6 Å². The number of esters is 2. The first-order valence-corrected chi connectivity index (χ1v) is 8.11. The second-order valence-corrected chi connectivity index (χ2v) is 7.45. The van der Waals surface area contributed by atoms with Crippen LogP contribution in [-0.2, 0) is 19.1 Å². The lowest BCUT2D eigenvalue weighted by Crippen LogP contribution is -2.50.